The highest BCUT2D eigenvalue weighted by Gasteiger charge is 2.34. The molecule has 0 radical (unpaired) electrons. The highest BCUT2D eigenvalue weighted by atomic mass is 32.2. The van der Waals surface area contributed by atoms with Crippen molar-refractivity contribution in [1.82, 2.24) is 9.62 Å². The van der Waals surface area contributed by atoms with Gasteiger partial charge in [-0.3, -0.25) is 14.5 Å². The average Bonchev–Trinajstić information content (AvgIpc) is 2.90. The Kier molecular flexibility index (Phi) is 5.72. The number of nitrogens with one attached hydrogen (secondary N) is 1. The van der Waals surface area contributed by atoms with E-state index in [0.717, 1.165) is 18.4 Å². The number of rotatable bonds is 8. The SMILES string of the molecule is CCNS(=O)(=O)c1ccc(CCCCN2C(=O)c3ccccc3C2=O)cc1. The molecule has 142 valence electrons. The molecule has 3 rings (SSSR count). The van der Waals surface area contributed by atoms with Gasteiger partial charge >= 0.3 is 0 Å². The smallest absolute Gasteiger partial charge is 0.261 e. The van der Waals surface area contributed by atoms with E-state index in [1.807, 2.05) is 0 Å². The fourth-order valence-corrected chi connectivity index (χ4v) is 4.19. The van der Waals surface area contributed by atoms with E-state index in [-0.39, 0.29) is 16.7 Å². The lowest BCUT2D eigenvalue weighted by Crippen LogP contribution is -2.30. The van der Waals surface area contributed by atoms with Gasteiger partial charge in [-0.15, -0.1) is 0 Å². The lowest BCUT2D eigenvalue weighted by atomic mass is 10.1. The molecule has 0 fully saturated rings. The number of carbonyl (C=O) groups excluding carboxylic acids is 2. The fraction of sp³-hybridized carbons (Fsp3) is 0.300. The number of hydrogen-bond donors (Lipinski definition) is 1. The average molecular weight is 386 g/mol. The number of nitrogens with zero attached hydrogens (tertiary/aromatic N) is 1. The Bertz CT molecular complexity index is 917. The predicted octanol–water partition coefficient (Wildman–Crippen LogP) is 2.60. The van der Waals surface area contributed by atoms with Gasteiger partial charge in [0.25, 0.3) is 11.8 Å². The summed E-state index contributed by atoms with van der Waals surface area (Å²) in [6, 6.07) is 13.7. The van der Waals surface area contributed by atoms with Crippen molar-refractivity contribution >= 4 is 21.8 Å². The molecule has 2 aromatic rings. The minimum atomic E-state index is -3.43. The number of carbonyl (C=O) groups is 2. The quantitative estimate of drug-likeness (QED) is 0.558. The Hall–Kier alpha value is -2.51. The maximum atomic E-state index is 12.3. The van der Waals surface area contributed by atoms with E-state index in [2.05, 4.69) is 4.72 Å². The third-order valence-electron chi connectivity index (χ3n) is 4.54. The molecular formula is C20H22N2O4S. The topological polar surface area (TPSA) is 83.6 Å². The van der Waals surface area contributed by atoms with E-state index in [0.29, 0.717) is 30.6 Å². The molecule has 0 aromatic heterocycles. The van der Waals surface area contributed by atoms with Gasteiger partial charge in [0.1, 0.15) is 0 Å². The summed E-state index contributed by atoms with van der Waals surface area (Å²) in [7, 11) is -3.43. The summed E-state index contributed by atoms with van der Waals surface area (Å²) in [4.78, 5) is 26.1. The molecule has 0 atom stereocenters. The molecule has 0 unspecified atom stereocenters. The van der Waals surface area contributed by atoms with Crippen molar-refractivity contribution in [3.8, 4) is 0 Å². The van der Waals surface area contributed by atoms with Crippen LogP contribution in [0.2, 0.25) is 0 Å². The van der Waals surface area contributed by atoms with Crippen LogP contribution in [0.25, 0.3) is 0 Å². The Morgan fingerprint density at radius 1 is 0.889 bits per heavy atom. The summed E-state index contributed by atoms with van der Waals surface area (Å²) < 4.78 is 26.3. The van der Waals surface area contributed by atoms with E-state index >= 15 is 0 Å². The molecule has 27 heavy (non-hydrogen) atoms. The number of imide groups is 1. The van der Waals surface area contributed by atoms with Crippen LogP contribution in [0.5, 0.6) is 0 Å². The molecule has 0 spiro atoms. The Balaban J connectivity index is 1.51. The zero-order valence-electron chi connectivity index (χ0n) is 15.1. The highest BCUT2D eigenvalue weighted by molar-refractivity contribution is 7.89. The van der Waals surface area contributed by atoms with Crippen LogP contribution in [-0.4, -0.2) is 38.2 Å². The number of fused-ring (bicyclic) bond motifs is 1. The summed E-state index contributed by atoms with van der Waals surface area (Å²) in [6.07, 6.45) is 2.25. The van der Waals surface area contributed by atoms with Gasteiger partial charge in [0.05, 0.1) is 16.0 Å². The Morgan fingerprint density at radius 3 is 2.04 bits per heavy atom. The summed E-state index contributed by atoms with van der Waals surface area (Å²) >= 11 is 0. The number of hydrogen-bond acceptors (Lipinski definition) is 4. The summed E-state index contributed by atoms with van der Waals surface area (Å²) in [5.74, 6) is -0.456. The molecule has 7 heteroatoms. The normalized spacial score (nSPS) is 13.9. The zero-order valence-corrected chi connectivity index (χ0v) is 16.0. The minimum absolute atomic E-state index is 0.228. The van der Waals surface area contributed by atoms with Crippen LogP contribution in [0.3, 0.4) is 0 Å². The molecule has 0 saturated heterocycles. The van der Waals surface area contributed by atoms with Gasteiger partial charge in [0.2, 0.25) is 10.0 Å². The molecule has 1 heterocycles. The first-order chi connectivity index (χ1) is 12.9. The van der Waals surface area contributed by atoms with Crippen LogP contribution in [0, 0.1) is 0 Å². The predicted molar refractivity (Wildman–Crippen MR) is 102 cm³/mol. The van der Waals surface area contributed by atoms with Crippen LogP contribution in [0.4, 0.5) is 0 Å². The molecule has 2 aromatic carbocycles. The molecule has 1 aliphatic heterocycles. The van der Waals surface area contributed by atoms with Crippen molar-refractivity contribution in [2.24, 2.45) is 0 Å². The van der Waals surface area contributed by atoms with Crippen LogP contribution >= 0.6 is 0 Å². The molecule has 1 aliphatic rings. The van der Waals surface area contributed by atoms with Crippen LogP contribution in [-0.2, 0) is 16.4 Å². The molecule has 2 amide bonds. The first-order valence-corrected chi connectivity index (χ1v) is 10.5. The second-order valence-corrected chi connectivity index (χ2v) is 8.18. The van der Waals surface area contributed by atoms with Gasteiger partial charge in [-0.25, -0.2) is 13.1 Å². The van der Waals surface area contributed by atoms with Gasteiger partial charge in [0, 0.05) is 13.1 Å². The second-order valence-electron chi connectivity index (χ2n) is 6.41. The van der Waals surface area contributed by atoms with E-state index in [1.165, 1.54) is 4.90 Å². The van der Waals surface area contributed by atoms with Crippen LogP contribution in [0.15, 0.2) is 53.4 Å². The molecule has 0 bridgehead atoms. The first-order valence-electron chi connectivity index (χ1n) is 8.98. The van der Waals surface area contributed by atoms with Gasteiger partial charge < -0.3 is 0 Å². The number of benzene rings is 2. The molecule has 6 nitrogen and oxygen atoms in total. The van der Waals surface area contributed by atoms with Crippen molar-refractivity contribution in [3.05, 3.63) is 65.2 Å². The first kappa shape index (κ1) is 19.3. The van der Waals surface area contributed by atoms with Crippen LogP contribution in [0.1, 0.15) is 46.0 Å². The van der Waals surface area contributed by atoms with Gasteiger partial charge in [-0.05, 0) is 49.1 Å². The number of aryl methyl sites for hydroxylation is 1. The van der Waals surface area contributed by atoms with Crippen molar-refractivity contribution in [2.75, 3.05) is 13.1 Å². The molecule has 1 N–H and O–H groups in total. The van der Waals surface area contributed by atoms with Crippen molar-refractivity contribution in [2.45, 2.75) is 31.1 Å². The van der Waals surface area contributed by atoms with Crippen molar-refractivity contribution in [3.63, 3.8) is 0 Å². The third-order valence-corrected chi connectivity index (χ3v) is 6.10. The summed E-state index contributed by atoms with van der Waals surface area (Å²) in [5.41, 5.74) is 1.97. The largest absolute Gasteiger partial charge is 0.274 e. The van der Waals surface area contributed by atoms with Gasteiger partial charge in [0.15, 0.2) is 0 Å². The van der Waals surface area contributed by atoms with E-state index < -0.39 is 10.0 Å². The Labute approximate surface area is 159 Å². The summed E-state index contributed by atoms with van der Waals surface area (Å²) in [5, 5.41) is 0. The second kappa shape index (κ2) is 8.02. The van der Waals surface area contributed by atoms with Gasteiger partial charge in [-0.1, -0.05) is 31.2 Å². The number of sulfonamides is 1. The third kappa shape index (κ3) is 4.09. The minimum Gasteiger partial charge on any atom is -0.274 e. The zero-order chi connectivity index (χ0) is 19.4. The van der Waals surface area contributed by atoms with Gasteiger partial charge in [-0.2, -0.15) is 0 Å². The maximum absolute atomic E-state index is 12.3. The number of unbranched alkanes of at least 4 members (excludes halogenated alkanes) is 1. The number of amides is 2. The van der Waals surface area contributed by atoms with E-state index in [4.69, 9.17) is 0 Å². The van der Waals surface area contributed by atoms with E-state index in [1.54, 1.807) is 55.5 Å². The molecule has 0 saturated carbocycles. The summed E-state index contributed by atoms with van der Waals surface area (Å²) in [6.45, 7) is 2.47. The highest BCUT2D eigenvalue weighted by Crippen LogP contribution is 2.23. The van der Waals surface area contributed by atoms with Crippen molar-refractivity contribution < 1.29 is 18.0 Å². The standard InChI is InChI=1S/C20H22N2O4S/c1-2-21-27(25,26)16-12-10-15(11-13-16)7-5-6-14-22-19(23)17-8-3-4-9-18(17)20(22)24/h3-4,8-13,21H,2,5-7,14H2,1H3. The fourth-order valence-electron chi connectivity index (χ4n) is 3.15. The van der Waals surface area contributed by atoms with E-state index in [9.17, 15) is 18.0 Å². The van der Waals surface area contributed by atoms with Crippen LogP contribution < -0.4 is 4.72 Å². The lowest BCUT2D eigenvalue weighted by molar-refractivity contribution is 0.0652. The van der Waals surface area contributed by atoms with Crippen molar-refractivity contribution in [1.29, 1.82) is 0 Å². The Morgan fingerprint density at radius 2 is 1.48 bits per heavy atom. The molecule has 0 aliphatic carbocycles. The molecular weight excluding hydrogens is 364 g/mol. The maximum Gasteiger partial charge on any atom is 0.261 e. The monoisotopic (exact) mass is 386 g/mol. The lowest BCUT2D eigenvalue weighted by Gasteiger charge is -2.13.